The maximum Gasteiger partial charge on any atom is 0.348 e. The number of ether oxygens (including phenoxy) is 1. The minimum atomic E-state index is -4.28. The molecule has 0 aliphatic carbocycles. The van der Waals surface area contributed by atoms with Crippen LogP contribution in [0.15, 0.2) is 18.2 Å². The summed E-state index contributed by atoms with van der Waals surface area (Å²) in [5.41, 5.74) is 6.53. The number of nitrogens with one attached hydrogen (secondary N) is 1. The molecule has 0 saturated carbocycles. The molecule has 0 aromatic carbocycles. The summed E-state index contributed by atoms with van der Waals surface area (Å²) < 4.78 is 18.1. The van der Waals surface area contributed by atoms with Crippen molar-refractivity contribution in [3.63, 3.8) is 0 Å². The molecule has 6 N–H and O–H groups in total. The number of rotatable bonds is 4. The number of hydrogen-bond acceptors (Lipinski definition) is 8. The Kier molecular flexibility index (Phi) is 4.28. The first-order valence-electron chi connectivity index (χ1n) is 7.04. The lowest BCUT2D eigenvalue weighted by molar-refractivity contribution is -0.0227. The Morgan fingerprint density at radius 2 is 2.25 bits per heavy atom. The fraction of sp³-hybridized carbons (Fsp3) is 0.417. The van der Waals surface area contributed by atoms with E-state index in [1.54, 1.807) is 7.05 Å². The van der Waals surface area contributed by atoms with Gasteiger partial charge in [0, 0.05) is 19.3 Å². The summed E-state index contributed by atoms with van der Waals surface area (Å²) in [5.74, 6) is 1.25. The van der Waals surface area contributed by atoms with E-state index in [1.165, 1.54) is 17.0 Å². The summed E-state index contributed by atoms with van der Waals surface area (Å²) in [5, 5.41) is 13.1. The quantitative estimate of drug-likeness (QED) is 0.462. The van der Waals surface area contributed by atoms with Gasteiger partial charge in [-0.3, -0.25) is 9.13 Å². The number of anilines is 2. The Morgan fingerprint density at radius 3 is 2.92 bits per heavy atom. The first kappa shape index (κ1) is 16.8. The summed E-state index contributed by atoms with van der Waals surface area (Å²) in [6.07, 6.45) is 0.524. The fourth-order valence-corrected chi connectivity index (χ4v) is 2.97. The summed E-state index contributed by atoms with van der Waals surface area (Å²) in [4.78, 5) is 30.1. The van der Waals surface area contributed by atoms with Crippen molar-refractivity contribution in [2.45, 2.75) is 24.9 Å². The number of nitrogens with zero attached hydrogens (tertiary/aromatic N) is 4. The molecular weight excluding hydrogens is 339 g/mol. The molecule has 1 saturated heterocycles. The summed E-state index contributed by atoms with van der Waals surface area (Å²) >= 11 is 0. The zero-order chi connectivity index (χ0) is 17.5. The standard InChI is InChI=1S/C12H17N6O5P/c1-14-9-8-10(17-12(13)16-9)18(5-15-8)11-7(19)4-6(23-11)2-3-24(20,21)22/h2-3,5-7,11,19H,4H2,1H3,(H2,20,21,22)(H3,13,14,16,17)/b3-2+/t6-,7-,11-/m1/s1. The molecular formula is C12H17N6O5P. The summed E-state index contributed by atoms with van der Waals surface area (Å²) in [6.45, 7) is 0. The van der Waals surface area contributed by atoms with Crippen LogP contribution in [0, 0.1) is 0 Å². The molecule has 3 atom stereocenters. The van der Waals surface area contributed by atoms with Crippen LogP contribution in [0.1, 0.15) is 12.6 Å². The van der Waals surface area contributed by atoms with E-state index in [0.717, 1.165) is 5.82 Å². The SMILES string of the molecule is CNc1nc(N)nc2c1ncn2[C@@H]1O[C@H](/C=C/P(=O)(O)O)C[C@H]1O. The smallest absolute Gasteiger partial charge is 0.348 e. The number of imidazole rings is 1. The van der Waals surface area contributed by atoms with Gasteiger partial charge < -0.3 is 30.7 Å². The minimum absolute atomic E-state index is 0.0408. The Hall–Kier alpha value is -2.04. The number of hydrogen-bond donors (Lipinski definition) is 5. The molecule has 0 unspecified atom stereocenters. The Morgan fingerprint density at radius 1 is 1.50 bits per heavy atom. The van der Waals surface area contributed by atoms with Crippen LogP contribution >= 0.6 is 7.60 Å². The molecule has 2 aromatic rings. The molecule has 3 rings (SSSR count). The molecule has 130 valence electrons. The Labute approximate surface area is 136 Å². The second kappa shape index (κ2) is 6.11. The molecule has 1 fully saturated rings. The van der Waals surface area contributed by atoms with Crippen molar-refractivity contribution in [1.29, 1.82) is 0 Å². The molecule has 2 aromatic heterocycles. The van der Waals surface area contributed by atoms with Gasteiger partial charge in [0.05, 0.1) is 12.4 Å². The number of nitrogen functional groups attached to an aromatic ring is 1. The highest BCUT2D eigenvalue weighted by molar-refractivity contribution is 7.55. The van der Waals surface area contributed by atoms with Gasteiger partial charge in [-0.05, 0) is 6.08 Å². The molecule has 0 bridgehead atoms. The van der Waals surface area contributed by atoms with Gasteiger partial charge in [-0.2, -0.15) is 9.97 Å². The number of aromatic nitrogens is 4. The van der Waals surface area contributed by atoms with Gasteiger partial charge in [0.25, 0.3) is 0 Å². The molecule has 1 aliphatic heterocycles. The number of aliphatic hydroxyl groups excluding tert-OH is 1. The van der Waals surface area contributed by atoms with Crippen molar-refractivity contribution in [1.82, 2.24) is 19.5 Å². The van der Waals surface area contributed by atoms with E-state index in [1.807, 2.05) is 0 Å². The van der Waals surface area contributed by atoms with Crippen LogP contribution < -0.4 is 11.1 Å². The van der Waals surface area contributed by atoms with Crippen molar-refractivity contribution >= 4 is 30.5 Å². The minimum Gasteiger partial charge on any atom is -0.388 e. The van der Waals surface area contributed by atoms with E-state index in [4.69, 9.17) is 20.3 Å². The van der Waals surface area contributed by atoms with Crippen LogP contribution in [0.3, 0.4) is 0 Å². The summed E-state index contributed by atoms with van der Waals surface area (Å²) in [7, 11) is -2.61. The maximum absolute atomic E-state index is 10.9. The van der Waals surface area contributed by atoms with Crippen molar-refractivity contribution in [2.24, 2.45) is 0 Å². The Bertz CT molecular complexity index is 833. The normalized spacial score (nSPS) is 24.9. The molecule has 12 heteroatoms. The second-order valence-corrected chi connectivity index (χ2v) is 6.78. The van der Waals surface area contributed by atoms with Crippen LogP contribution in [0.4, 0.5) is 11.8 Å². The van der Waals surface area contributed by atoms with Gasteiger partial charge in [-0.25, -0.2) is 4.98 Å². The highest BCUT2D eigenvalue weighted by Gasteiger charge is 2.35. The van der Waals surface area contributed by atoms with Gasteiger partial charge in [0.1, 0.15) is 6.10 Å². The third-order valence-electron chi connectivity index (χ3n) is 3.56. The van der Waals surface area contributed by atoms with Gasteiger partial charge >= 0.3 is 7.60 Å². The first-order valence-corrected chi connectivity index (χ1v) is 8.72. The van der Waals surface area contributed by atoms with E-state index in [9.17, 15) is 9.67 Å². The number of nitrogens with two attached hydrogens (primary N) is 1. The predicted octanol–water partition coefficient (Wildman–Crippen LogP) is -0.210. The van der Waals surface area contributed by atoms with E-state index in [2.05, 4.69) is 20.3 Å². The molecule has 1 aliphatic rings. The average molecular weight is 356 g/mol. The van der Waals surface area contributed by atoms with Gasteiger partial charge in [-0.15, -0.1) is 0 Å². The third kappa shape index (κ3) is 3.25. The van der Waals surface area contributed by atoms with Crippen LogP contribution in [0.5, 0.6) is 0 Å². The number of fused-ring (bicyclic) bond motifs is 1. The maximum atomic E-state index is 10.9. The molecule has 3 heterocycles. The van der Waals surface area contributed by atoms with Crippen LogP contribution in [-0.2, 0) is 9.30 Å². The van der Waals surface area contributed by atoms with E-state index < -0.39 is 26.0 Å². The van der Waals surface area contributed by atoms with E-state index in [0.29, 0.717) is 17.0 Å². The highest BCUT2D eigenvalue weighted by atomic mass is 31.2. The third-order valence-corrected chi connectivity index (χ3v) is 4.12. The van der Waals surface area contributed by atoms with Crippen molar-refractivity contribution in [2.75, 3.05) is 18.1 Å². The lowest BCUT2D eigenvalue weighted by atomic mass is 10.2. The van der Waals surface area contributed by atoms with Crippen molar-refractivity contribution < 1.29 is 24.2 Å². The fourth-order valence-electron chi connectivity index (χ4n) is 2.56. The second-order valence-electron chi connectivity index (χ2n) is 5.30. The van der Waals surface area contributed by atoms with E-state index >= 15 is 0 Å². The topological polar surface area (TPSA) is 169 Å². The van der Waals surface area contributed by atoms with Crippen LogP contribution in [-0.4, -0.2) is 53.7 Å². The Balaban J connectivity index is 1.92. The molecule has 11 nitrogen and oxygen atoms in total. The van der Waals surface area contributed by atoms with Gasteiger partial charge in [0.2, 0.25) is 5.95 Å². The predicted molar refractivity (Wildman–Crippen MR) is 85.0 cm³/mol. The lowest BCUT2D eigenvalue weighted by Crippen LogP contribution is -2.19. The zero-order valence-electron chi connectivity index (χ0n) is 12.6. The lowest BCUT2D eigenvalue weighted by Gasteiger charge is -2.16. The molecule has 24 heavy (non-hydrogen) atoms. The highest BCUT2D eigenvalue weighted by Crippen LogP contribution is 2.38. The average Bonchev–Trinajstić information content (AvgIpc) is 3.06. The monoisotopic (exact) mass is 356 g/mol. The van der Waals surface area contributed by atoms with Crippen LogP contribution in [0.25, 0.3) is 11.2 Å². The van der Waals surface area contributed by atoms with E-state index in [-0.39, 0.29) is 12.4 Å². The van der Waals surface area contributed by atoms with Gasteiger partial charge in [0.15, 0.2) is 23.2 Å². The molecule has 0 spiro atoms. The zero-order valence-corrected chi connectivity index (χ0v) is 13.5. The first-order chi connectivity index (χ1) is 11.3. The van der Waals surface area contributed by atoms with Crippen molar-refractivity contribution in [3.05, 3.63) is 18.2 Å². The molecule has 0 amide bonds. The van der Waals surface area contributed by atoms with Crippen LogP contribution in [0.2, 0.25) is 0 Å². The summed E-state index contributed by atoms with van der Waals surface area (Å²) in [6, 6.07) is 0. The molecule has 0 radical (unpaired) electrons. The van der Waals surface area contributed by atoms with Gasteiger partial charge in [-0.1, -0.05) is 0 Å². The number of aliphatic hydroxyl groups is 1. The van der Waals surface area contributed by atoms with Crippen molar-refractivity contribution in [3.8, 4) is 0 Å². The largest absolute Gasteiger partial charge is 0.388 e.